The molecule has 14 heavy (non-hydrogen) atoms. The molecule has 0 spiro atoms. The summed E-state index contributed by atoms with van der Waals surface area (Å²) in [5.74, 6) is 0.318. The molecule has 0 radical (unpaired) electrons. The summed E-state index contributed by atoms with van der Waals surface area (Å²) in [5, 5.41) is 0. The van der Waals surface area contributed by atoms with Gasteiger partial charge in [-0.3, -0.25) is 0 Å². The Balaban J connectivity index is 3.41. The first-order chi connectivity index (χ1) is 6.52. The fourth-order valence-corrected chi connectivity index (χ4v) is 0.937. The molecule has 0 aliphatic rings. The number of aldehydes is 1. The number of hydrogen-bond acceptors (Lipinski definition) is 3. The molecule has 0 aromatic carbocycles. The topological polar surface area (TPSA) is 35.5 Å². The molecule has 0 saturated heterocycles. The second-order valence-corrected chi connectivity index (χ2v) is 4.30. The highest BCUT2D eigenvalue weighted by atomic mass is 16.5. The lowest BCUT2D eigenvalue weighted by molar-refractivity contribution is -0.109. The summed E-state index contributed by atoms with van der Waals surface area (Å²) in [6, 6.07) is 0. The smallest absolute Gasteiger partial charge is 0.120 e. The fourth-order valence-electron chi connectivity index (χ4n) is 0.937. The summed E-state index contributed by atoms with van der Waals surface area (Å²) in [6.45, 7) is 7.41. The van der Waals surface area contributed by atoms with Gasteiger partial charge in [-0.25, -0.2) is 0 Å². The number of hydrogen-bond donors (Lipinski definition) is 0. The van der Waals surface area contributed by atoms with Crippen LogP contribution in [0.3, 0.4) is 0 Å². The van der Waals surface area contributed by atoms with Gasteiger partial charge in [-0.15, -0.1) is 0 Å². The summed E-state index contributed by atoms with van der Waals surface area (Å²) in [5.41, 5.74) is -0.117. The van der Waals surface area contributed by atoms with E-state index in [1.165, 1.54) is 0 Å². The normalized spacial score (nSPS) is 14.0. The molecule has 0 rings (SSSR count). The van der Waals surface area contributed by atoms with Gasteiger partial charge in [0.05, 0.1) is 5.60 Å². The zero-order valence-corrected chi connectivity index (χ0v) is 9.71. The van der Waals surface area contributed by atoms with Crippen LogP contribution in [0.4, 0.5) is 0 Å². The molecule has 0 N–H and O–H groups in total. The van der Waals surface area contributed by atoms with Crippen LogP contribution in [0.5, 0.6) is 0 Å². The third-order valence-electron chi connectivity index (χ3n) is 2.30. The van der Waals surface area contributed by atoms with Crippen molar-refractivity contribution in [3.8, 4) is 0 Å². The van der Waals surface area contributed by atoms with Crippen molar-refractivity contribution in [1.29, 1.82) is 0 Å². The molecular formula is C11H22O3. The van der Waals surface area contributed by atoms with Gasteiger partial charge in [0.25, 0.3) is 0 Å². The Bertz CT molecular complexity index is 155. The second-order valence-electron chi connectivity index (χ2n) is 4.30. The van der Waals surface area contributed by atoms with Crippen molar-refractivity contribution in [3.63, 3.8) is 0 Å². The van der Waals surface area contributed by atoms with Crippen molar-refractivity contribution in [2.45, 2.75) is 39.2 Å². The maximum atomic E-state index is 10.2. The molecule has 1 unspecified atom stereocenters. The lowest BCUT2D eigenvalue weighted by Crippen LogP contribution is -2.25. The van der Waals surface area contributed by atoms with Crippen LogP contribution in [-0.4, -0.2) is 32.2 Å². The van der Waals surface area contributed by atoms with Gasteiger partial charge < -0.3 is 14.3 Å². The zero-order valence-electron chi connectivity index (χ0n) is 9.71. The highest BCUT2D eigenvalue weighted by Gasteiger charge is 2.15. The third kappa shape index (κ3) is 7.04. The van der Waals surface area contributed by atoms with Crippen LogP contribution in [0, 0.1) is 5.92 Å². The monoisotopic (exact) mass is 202 g/mol. The molecule has 0 aliphatic carbocycles. The van der Waals surface area contributed by atoms with Crippen LogP contribution in [0.1, 0.15) is 33.6 Å². The number of methoxy groups -OCH3 is 1. The maximum absolute atomic E-state index is 10.2. The number of carbonyl (C=O) groups excluding carboxylic acids is 1. The van der Waals surface area contributed by atoms with Gasteiger partial charge in [-0.1, -0.05) is 6.92 Å². The number of rotatable bonds is 8. The Morgan fingerprint density at radius 1 is 1.43 bits per heavy atom. The first-order valence-electron chi connectivity index (χ1n) is 5.08. The minimum atomic E-state index is -0.117. The second kappa shape index (κ2) is 6.96. The van der Waals surface area contributed by atoms with Gasteiger partial charge in [0.1, 0.15) is 6.29 Å². The molecule has 0 amide bonds. The van der Waals surface area contributed by atoms with Crippen LogP contribution in [0.2, 0.25) is 0 Å². The molecule has 84 valence electrons. The van der Waals surface area contributed by atoms with Crippen molar-refractivity contribution >= 4 is 6.29 Å². The van der Waals surface area contributed by atoms with Crippen molar-refractivity contribution in [3.05, 3.63) is 0 Å². The quantitative estimate of drug-likeness (QED) is 0.446. The molecule has 3 nitrogen and oxygen atoms in total. The van der Waals surface area contributed by atoms with Crippen molar-refractivity contribution in [2.75, 3.05) is 20.3 Å². The van der Waals surface area contributed by atoms with Crippen LogP contribution >= 0.6 is 0 Å². The van der Waals surface area contributed by atoms with Crippen molar-refractivity contribution < 1.29 is 14.3 Å². The summed E-state index contributed by atoms with van der Waals surface area (Å²) >= 11 is 0. The van der Waals surface area contributed by atoms with Gasteiger partial charge in [0.15, 0.2) is 0 Å². The van der Waals surface area contributed by atoms with E-state index in [9.17, 15) is 4.79 Å². The lowest BCUT2D eigenvalue weighted by atomic mass is 10.1. The Morgan fingerprint density at radius 3 is 2.57 bits per heavy atom. The molecule has 0 fully saturated rings. The zero-order chi connectivity index (χ0) is 11.0. The van der Waals surface area contributed by atoms with E-state index in [2.05, 4.69) is 0 Å². The first kappa shape index (κ1) is 13.6. The molecule has 0 bridgehead atoms. The molecule has 3 heteroatoms. The predicted octanol–water partition coefficient (Wildman–Crippen LogP) is 2.04. The summed E-state index contributed by atoms with van der Waals surface area (Å²) in [6.07, 6.45) is 2.39. The Kier molecular flexibility index (Phi) is 6.75. The highest BCUT2D eigenvalue weighted by molar-refractivity contribution is 5.49. The van der Waals surface area contributed by atoms with Gasteiger partial charge in [0, 0.05) is 26.7 Å². The minimum Gasteiger partial charge on any atom is -0.381 e. The van der Waals surface area contributed by atoms with Crippen LogP contribution in [-0.2, 0) is 14.3 Å². The van der Waals surface area contributed by atoms with E-state index in [1.807, 2.05) is 20.8 Å². The van der Waals surface area contributed by atoms with Crippen molar-refractivity contribution in [2.24, 2.45) is 5.92 Å². The van der Waals surface area contributed by atoms with E-state index in [-0.39, 0.29) is 5.60 Å². The highest BCUT2D eigenvalue weighted by Crippen LogP contribution is 2.12. The number of ether oxygens (including phenoxy) is 2. The average Bonchev–Trinajstić information content (AvgIpc) is 2.13. The standard InChI is InChI=1S/C11H22O3/c1-10(5-7-12)9-14-8-6-11(2,3)13-4/h7,10H,5-6,8-9H2,1-4H3. The third-order valence-corrected chi connectivity index (χ3v) is 2.30. The Hall–Kier alpha value is -0.410. The Labute approximate surface area is 86.8 Å². The van der Waals surface area contributed by atoms with Gasteiger partial charge >= 0.3 is 0 Å². The molecule has 1 atom stereocenters. The molecule has 0 heterocycles. The van der Waals surface area contributed by atoms with Gasteiger partial charge in [-0.2, -0.15) is 0 Å². The Morgan fingerprint density at radius 2 is 2.07 bits per heavy atom. The van der Waals surface area contributed by atoms with E-state index in [0.29, 0.717) is 25.6 Å². The fraction of sp³-hybridized carbons (Fsp3) is 0.909. The van der Waals surface area contributed by atoms with E-state index >= 15 is 0 Å². The van der Waals surface area contributed by atoms with Crippen LogP contribution in [0.15, 0.2) is 0 Å². The van der Waals surface area contributed by atoms with Crippen LogP contribution < -0.4 is 0 Å². The van der Waals surface area contributed by atoms with Crippen LogP contribution in [0.25, 0.3) is 0 Å². The summed E-state index contributed by atoms with van der Waals surface area (Å²) in [4.78, 5) is 10.2. The molecule has 0 aromatic rings. The van der Waals surface area contributed by atoms with Crippen molar-refractivity contribution in [1.82, 2.24) is 0 Å². The van der Waals surface area contributed by atoms with E-state index in [1.54, 1.807) is 7.11 Å². The maximum Gasteiger partial charge on any atom is 0.120 e. The minimum absolute atomic E-state index is 0.117. The lowest BCUT2D eigenvalue weighted by Gasteiger charge is -2.22. The van der Waals surface area contributed by atoms with E-state index in [4.69, 9.17) is 9.47 Å². The molecule has 0 aliphatic heterocycles. The van der Waals surface area contributed by atoms with Gasteiger partial charge in [-0.05, 0) is 26.2 Å². The first-order valence-corrected chi connectivity index (χ1v) is 5.08. The van der Waals surface area contributed by atoms with E-state index < -0.39 is 0 Å². The molecule has 0 aromatic heterocycles. The summed E-state index contributed by atoms with van der Waals surface area (Å²) < 4.78 is 10.7. The van der Waals surface area contributed by atoms with E-state index in [0.717, 1.165) is 12.7 Å². The average molecular weight is 202 g/mol. The SMILES string of the molecule is COC(C)(C)CCOCC(C)CC=O. The molecule has 0 saturated carbocycles. The largest absolute Gasteiger partial charge is 0.381 e. The number of carbonyl (C=O) groups is 1. The molecular weight excluding hydrogens is 180 g/mol. The summed E-state index contributed by atoms with van der Waals surface area (Å²) in [7, 11) is 1.70. The van der Waals surface area contributed by atoms with Gasteiger partial charge in [0.2, 0.25) is 0 Å². The predicted molar refractivity (Wildman–Crippen MR) is 56.4 cm³/mol.